The maximum absolute atomic E-state index is 12.8. The third-order valence-electron chi connectivity index (χ3n) is 6.73. The third kappa shape index (κ3) is 4.78. The van der Waals surface area contributed by atoms with Crippen LogP contribution >= 0.6 is 0 Å². The van der Waals surface area contributed by atoms with Crippen molar-refractivity contribution in [2.75, 3.05) is 32.5 Å². The lowest BCUT2D eigenvalue weighted by Crippen LogP contribution is -2.47. The second-order valence-electron chi connectivity index (χ2n) is 8.50. The number of piperidine rings is 1. The first-order valence-corrected chi connectivity index (χ1v) is 10.8. The number of hydrogen-bond acceptors (Lipinski definition) is 4. The van der Waals surface area contributed by atoms with Gasteiger partial charge in [-0.1, -0.05) is 30.3 Å². The molecule has 1 fully saturated rings. The Hall–Kier alpha value is -2.53. The number of likely N-dealkylation sites (N-methyl/N-ethyl adjacent to an activating group) is 1. The number of nitrogen functional groups attached to an aromatic ring is 1. The minimum Gasteiger partial charge on any atom is -0.483 e. The fraction of sp³-hybridized carbons (Fsp3) is 0.480. The molecule has 0 aliphatic carbocycles. The summed E-state index contributed by atoms with van der Waals surface area (Å²) in [7, 11) is 1.90. The fourth-order valence-corrected chi connectivity index (χ4v) is 4.26. The van der Waals surface area contributed by atoms with E-state index in [1.807, 2.05) is 38.8 Å². The molecular weight excluding hydrogens is 374 g/mol. The lowest BCUT2D eigenvalue weighted by Gasteiger charge is -2.39. The molecule has 0 radical (unpaired) electrons. The van der Waals surface area contributed by atoms with Gasteiger partial charge < -0.3 is 15.4 Å². The second kappa shape index (κ2) is 9.52. The summed E-state index contributed by atoms with van der Waals surface area (Å²) in [6.45, 7) is 10.2. The van der Waals surface area contributed by atoms with Gasteiger partial charge in [-0.15, -0.1) is 0 Å². The molecule has 1 aliphatic heterocycles. The van der Waals surface area contributed by atoms with Gasteiger partial charge in [-0.3, -0.25) is 9.69 Å². The highest BCUT2D eigenvalue weighted by atomic mass is 16.5. The molecule has 1 aliphatic rings. The molecule has 1 atom stereocenters. The summed E-state index contributed by atoms with van der Waals surface area (Å²) in [5, 5.41) is 0. The average molecular weight is 410 g/mol. The molecule has 2 aromatic rings. The van der Waals surface area contributed by atoms with Crippen LogP contribution in [0.4, 0.5) is 5.69 Å². The molecule has 2 N–H and O–H groups in total. The van der Waals surface area contributed by atoms with E-state index in [9.17, 15) is 4.79 Å². The molecule has 2 aromatic carbocycles. The van der Waals surface area contributed by atoms with Gasteiger partial charge in [0.1, 0.15) is 5.75 Å². The number of carbonyl (C=O) groups excluding carboxylic acids is 1. The Labute approximate surface area is 180 Å². The maximum Gasteiger partial charge on any atom is 0.260 e. The van der Waals surface area contributed by atoms with Gasteiger partial charge in [0.15, 0.2) is 6.61 Å². The van der Waals surface area contributed by atoms with Crippen molar-refractivity contribution < 1.29 is 9.53 Å². The van der Waals surface area contributed by atoms with Crippen molar-refractivity contribution in [2.45, 2.75) is 52.6 Å². The number of nitrogens with two attached hydrogens (primary N) is 1. The number of rotatable bonds is 6. The van der Waals surface area contributed by atoms with E-state index in [0.29, 0.717) is 6.04 Å². The number of ether oxygens (including phenoxy) is 1. The van der Waals surface area contributed by atoms with E-state index < -0.39 is 0 Å². The first-order valence-electron chi connectivity index (χ1n) is 10.8. The number of anilines is 1. The highest BCUT2D eigenvalue weighted by Crippen LogP contribution is 2.29. The van der Waals surface area contributed by atoms with Gasteiger partial charge in [0.2, 0.25) is 0 Å². The molecular formula is C25H35N3O2. The average Bonchev–Trinajstić information content (AvgIpc) is 2.78. The van der Waals surface area contributed by atoms with Gasteiger partial charge in [0, 0.05) is 37.9 Å². The summed E-state index contributed by atoms with van der Waals surface area (Å²) in [5.41, 5.74) is 11.2. The van der Waals surface area contributed by atoms with Gasteiger partial charge in [0.05, 0.1) is 0 Å². The molecule has 1 unspecified atom stereocenters. The van der Waals surface area contributed by atoms with Crippen LogP contribution < -0.4 is 10.5 Å². The molecule has 0 bridgehead atoms. The zero-order valence-corrected chi connectivity index (χ0v) is 18.9. The first-order chi connectivity index (χ1) is 14.3. The Balaban J connectivity index is 1.53. The first kappa shape index (κ1) is 22.2. The SMILES string of the molecule is Cc1cc(OCC(=O)N(C)C2CCN(C(C)c3ccccc3)CC2)c(C)c(C)c1N. The Morgan fingerprint density at radius 2 is 1.80 bits per heavy atom. The van der Waals surface area contributed by atoms with Crippen LogP contribution in [0, 0.1) is 20.8 Å². The standard InChI is InChI=1S/C25H35N3O2/c1-17-15-23(18(2)19(3)25(17)26)30-16-24(29)27(5)22-11-13-28(14-12-22)20(4)21-9-7-6-8-10-21/h6-10,15,20,22H,11-14,16,26H2,1-5H3. The lowest BCUT2D eigenvalue weighted by atomic mass is 9.99. The van der Waals surface area contributed by atoms with Crippen molar-refractivity contribution in [3.05, 3.63) is 58.7 Å². The fourth-order valence-electron chi connectivity index (χ4n) is 4.26. The van der Waals surface area contributed by atoms with Gasteiger partial charge in [-0.25, -0.2) is 0 Å². The van der Waals surface area contributed by atoms with Gasteiger partial charge in [-0.2, -0.15) is 0 Å². The topological polar surface area (TPSA) is 58.8 Å². The van der Waals surface area contributed by atoms with E-state index in [0.717, 1.165) is 54.1 Å². The van der Waals surface area contributed by atoms with Crippen molar-refractivity contribution in [1.29, 1.82) is 0 Å². The molecule has 0 saturated carbocycles. The van der Waals surface area contributed by atoms with Crippen molar-refractivity contribution in [1.82, 2.24) is 9.80 Å². The van der Waals surface area contributed by atoms with Crippen LogP contribution in [0.15, 0.2) is 36.4 Å². The molecule has 0 aromatic heterocycles. The van der Waals surface area contributed by atoms with E-state index in [1.54, 1.807) is 0 Å². The summed E-state index contributed by atoms with van der Waals surface area (Å²) in [5.74, 6) is 0.767. The summed E-state index contributed by atoms with van der Waals surface area (Å²) in [6.07, 6.45) is 1.97. The van der Waals surface area contributed by atoms with E-state index in [1.165, 1.54) is 5.56 Å². The number of benzene rings is 2. The van der Waals surface area contributed by atoms with E-state index in [2.05, 4.69) is 42.2 Å². The highest BCUT2D eigenvalue weighted by molar-refractivity contribution is 5.78. The number of nitrogens with zero attached hydrogens (tertiary/aromatic N) is 2. The Kier molecular flexibility index (Phi) is 7.03. The monoisotopic (exact) mass is 409 g/mol. The van der Waals surface area contributed by atoms with Crippen molar-refractivity contribution in [2.24, 2.45) is 0 Å². The van der Waals surface area contributed by atoms with E-state index in [-0.39, 0.29) is 18.6 Å². The van der Waals surface area contributed by atoms with Gasteiger partial charge >= 0.3 is 0 Å². The molecule has 5 nitrogen and oxygen atoms in total. The zero-order chi connectivity index (χ0) is 21.8. The number of likely N-dealkylation sites (tertiary alicyclic amines) is 1. The Morgan fingerprint density at radius 1 is 1.17 bits per heavy atom. The summed E-state index contributed by atoms with van der Waals surface area (Å²) in [4.78, 5) is 17.1. The van der Waals surface area contributed by atoms with Crippen LogP contribution in [-0.4, -0.2) is 48.5 Å². The lowest BCUT2D eigenvalue weighted by molar-refractivity contribution is -0.135. The minimum absolute atomic E-state index is 0.0242. The smallest absolute Gasteiger partial charge is 0.260 e. The van der Waals surface area contributed by atoms with Crippen molar-refractivity contribution in [3.63, 3.8) is 0 Å². The molecule has 5 heteroatoms. The molecule has 1 heterocycles. The molecule has 162 valence electrons. The van der Waals surface area contributed by atoms with Gasteiger partial charge in [0.25, 0.3) is 5.91 Å². The largest absolute Gasteiger partial charge is 0.483 e. The normalized spacial score (nSPS) is 16.3. The van der Waals surface area contributed by atoms with Crippen LogP contribution in [0.2, 0.25) is 0 Å². The van der Waals surface area contributed by atoms with E-state index in [4.69, 9.17) is 10.5 Å². The number of amides is 1. The van der Waals surface area contributed by atoms with Crippen LogP contribution in [0.1, 0.15) is 48.1 Å². The highest BCUT2D eigenvalue weighted by Gasteiger charge is 2.28. The molecule has 30 heavy (non-hydrogen) atoms. The Morgan fingerprint density at radius 3 is 2.43 bits per heavy atom. The molecule has 1 saturated heterocycles. The van der Waals surface area contributed by atoms with Gasteiger partial charge in [-0.05, 0) is 68.9 Å². The van der Waals surface area contributed by atoms with Crippen molar-refractivity contribution in [3.8, 4) is 5.75 Å². The second-order valence-corrected chi connectivity index (χ2v) is 8.50. The van der Waals surface area contributed by atoms with Crippen molar-refractivity contribution >= 4 is 11.6 Å². The summed E-state index contributed by atoms with van der Waals surface area (Å²) in [6, 6.07) is 13.2. The number of carbonyl (C=O) groups is 1. The predicted octanol–water partition coefficient (Wildman–Crippen LogP) is 4.26. The summed E-state index contributed by atoms with van der Waals surface area (Å²) < 4.78 is 5.89. The molecule has 0 spiro atoms. The van der Waals surface area contributed by atoms with Crippen LogP contribution in [0.5, 0.6) is 5.75 Å². The third-order valence-corrected chi connectivity index (χ3v) is 6.73. The van der Waals surface area contributed by atoms with E-state index >= 15 is 0 Å². The number of hydrogen-bond donors (Lipinski definition) is 1. The Bertz CT molecular complexity index is 874. The number of aryl methyl sites for hydroxylation is 1. The van der Waals surface area contributed by atoms with Crippen LogP contribution in [-0.2, 0) is 4.79 Å². The maximum atomic E-state index is 12.8. The van der Waals surface area contributed by atoms with Crippen LogP contribution in [0.25, 0.3) is 0 Å². The molecule has 1 amide bonds. The minimum atomic E-state index is 0.0242. The zero-order valence-electron chi connectivity index (χ0n) is 18.9. The summed E-state index contributed by atoms with van der Waals surface area (Å²) >= 11 is 0. The predicted molar refractivity (Wildman–Crippen MR) is 123 cm³/mol. The molecule has 3 rings (SSSR count). The van der Waals surface area contributed by atoms with Crippen LogP contribution in [0.3, 0.4) is 0 Å². The quantitative estimate of drug-likeness (QED) is 0.725.